The molecule has 0 spiro atoms. The lowest BCUT2D eigenvalue weighted by Gasteiger charge is -2.37. The Morgan fingerprint density at radius 3 is 2.27 bits per heavy atom. The van der Waals surface area contributed by atoms with Crippen LogP contribution in [-0.4, -0.2) is 24.8 Å². The van der Waals surface area contributed by atoms with Crippen molar-refractivity contribution in [1.82, 2.24) is 5.32 Å². The van der Waals surface area contributed by atoms with Gasteiger partial charge in [0.1, 0.15) is 6.61 Å². The fraction of sp³-hybridized carbons (Fsp3) is 0.417. The molecule has 0 unspecified atom stereocenters. The number of hydrogen-bond donors (Lipinski definition) is 1. The van der Waals surface area contributed by atoms with Crippen LogP contribution >= 0.6 is 15.9 Å². The van der Waals surface area contributed by atoms with Crippen LogP contribution in [0.5, 0.6) is 11.5 Å². The predicted molar refractivity (Wildman–Crippen MR) is 117 cm³/mol. The van der Waals surface area contributed by atoms with E-state index < -0.39 is 0 Å². The molecule has 0 aromatic heterocycles. The maximum Gasteiger partial charge on any atom is 0.176 e. The van der Waals surface area contributed by atoms with Crippen LogP contribution in [0.3, 0.4) is 0 Å². The summed E-state index contributed by atoms with van der Waals surface area (Å²) in [6.07, 6.45) is 9.69. The zero-order valence-corrected chi connectivity index (χ0v) is 18.6. The van der Waals surface area contributed by atoms with E-state index in [2.05, 4.69) is 27.2 Å². The minimum absolute atomic E-state index is 0.111. The predicted octanol–water partition coefficient (Wildman–Crippen LogP) is 4.56. The molecular weight excluding hydrogens is 446 g/mol. The van der Waals surface area contributed by atoms with Crippen molar-refractivity contribution in [3.63, 3.8) is 0 Å². The molecule has 3 aliphatic rings. The second kappa shape index (κ2) is 8.69. The molecule has 1 aromatic carbocycles. The van der Waals surface area contributed by atoms with Crippen LogP contribution in [-0.2, 0) is 9.59 Å². The summed E-state index contributed by atoms with van der Waals surface area (Å²) in [6, 6.07) is 3.80. The average Bonchev–Trinajstić information content (AvgIpc) is 2.72. The van der Waals surface area contributed by atoms with Crippen LogP contribution in [0.2, 0.25) is 0 Å². The molecule has 0 amide bonds. The maximum atomic E-state index is 13.0. The number of benzene rings is 1. The lowest BCUT2D eigenvalue weighted by atomic mass is 9.71. The average molecular weight is 470 g/mol. The van der Waals surface area contributed by atoms with Crippen molar-refractivity contribution in [3.05, 3.63) is 44.7 Å². The summed E-state index contributed by atoms with van der Waals surface area (Å²) in [6.45, 7) is 2.47. The van der Waals surface area contributed by atoms with Gasteiger partial charge in [0.25, 0.3) is 0 Å². The zero-order valence-electron chi connectivity index (χ0n) is 17.0. The second-order valence-electron chi connectivity index (χ2n) is 7.65. The van der Waals surface area contributed by atoms with Crippen LogP contribution in [0.25, 0.3) is 0 Å². The lowest BCUT2D eigenvalue weighted by molar-refractivity contribution is -0.116. The molecule has 0 fully saturated rings. The van der Waals surface area contributed by atoms with Gasteiger partial charge >= 0.3 is 0 Å². The van der Waals surface area contributed by atoms with Gasteiger partial charge in [-0.25, -0.2) is 0 Å². The molecule has 0 saturated heterocycles. The number of rotatable bonds is 5. The molecule has 156 valence electrons. The van der Waals surface area contributed by atoms with E-state index in [-0.39, 0.29) is 24.1 Å². The number of halogens is 1. The normalized spacial score (nSPS) is 19.1. The molecule has 1 aromatic rings. The first-order valence-electron chi connectivity index (χ1n) is 10.4. The summed E-state index contributed by atoms with van der Waals surface area (Å²) in [7, 11) is 0. The Kier molecular flexibility index (Phi) is 6.01. The van der Waals surface area contributed by atoms with E-state index in [1.165, 1.54) is 0 Å². The highest BCUT2D eigenvalue weighted by Crippen LogP contribution is 2.48. The van der Waals surface area contributed by atoms with Gasteiger partial charge in [-0.3, -0.25) is 9.59 Å². The van der Waals surface area contributed by atoms with Gasteiger partial charge in [0.2, 0.25) is 0 Å². The first-order valence-corrected chi connectivity index (χ1v) is 11.2. The Labute approximate surface area is 185 Å². The number of ether oxygens (including phenoxy) is 2. The topological polar surface area (TPSA) is 64.6 Å². The van der Waals surface area contributed by atoms with Crippen molar-refractivity contribution in [2.24, 2.45) is 0 Å². The summed E-state index contributed by atoms with van der Waals surface area (Å²) in [5.74, 6) is 3.38. The number of terminal acetylenes is 1. The van der Waals surface area contributed by atoms with E-state index in [1.54, 1.807) is 0 Å². The first-order chi connectivity index (χ1) is 14.5. The maximum absolute atomic E-state index is 13.0. The van der Waals surface area contributed by atoms with Gasteiger partial charge in [-0.2, -0.15) is 0 Å². The number of Topliss-reactive ketones (excluding diaryl/α,β-unsaturated/α-hetero) is 2. The Bertz CT molecular complexity index is 973. The van der Waals surface area contributed by atoms with Crippen LogP contribution in [0.4, 0.5) is 0 Å². The van der Waals surface area contributed by atoms with Gasteiger partial charge in [0.15, 0.2) is 23.1 Å². The first kappa shape index (κ1) is 20.7. The molecule has 0 bridgehead atoms. The molecule has 0 atom stereocenters. The van der Waals surface area contributed by atoms with E-state index in [9.17, 15) is 9.59 Å². The lowest BCUT2D eigenvalue weighted by Crippen LogP contribution is -2.36. The summed E-state index contributed by atoms with van der Waals surface area (Å²) < 4.78 is 12.2. The molecule has 5 nitrogen and oxygen atoms in total. The number of carbonyl (C=O) groups excluding carboxylic acids is 2. The SMILES string of the molecule is C#CCOc1c(Br)cc(C2C3=C(CCCC3=O)NC3=C2C(=O)CCC3)cc1OCC. The van der Waals surface area contributed by atoms with E-state index in [4.69, 9.17) is 15.9 Å². The summed E-state index contributed by atoms with van der Waals surface area (Å²) in [5, 5.41) is 3.44. The molecular formula is C24H24BrNO4. The van der Waals surface area contributed by atoms with Gasteiger partial charge in [-0.05, 0) is 66.2 Å². The molecule has 1 aliphatic heterocycles. The number of ketones is 2. The highest BCUT2D eigenvalue weighted by Gasteiger charge is 2.40. The van der Waals surface area contributed by atoms with E-state index >= 15 is 0 Å². The Hall–Kier alpha value is -2.52. The largest absolute Gasteiger partial charge is 0.490 e. The van der Waals surface area contributed by atoms with Gasteiger partial charge in [-0.15, -0.1) is 6.42 Å². The third kappa shape index (κ3) is 3.67. The van der Waals surface area contributed by atoms with Crippen molar-refractivity contribution >= 4 is 27.5 Å². The Balaban J connectivity index is 1.88. The fourth-order valence-electron chi connectivity index (χ4n) is 4.59. The van der Waals surface area contributed by atoms with Crippen molar-refractivity contribution < 1.29 is 19.1 Å². The molecule has 30 heavy (non-hydrogen) atoms. The minimum Gasteiger partial charge on any atom is -0.490 e. The van der Waals surface area contributed by atoms with E-state index in [1.807, 2.05) is 19.1 Å². The number of dihydropyridines is 1. The van der Waals surface area contributed by atoms with Crippen molar-refractivity contribution in [1.29, 1.82) is 0 Å². The van der Waals surface area contributed by atoms with Crippen molar-refractivity contribution in [3.8, 4) is 23.8 Å². The molecule has 0 saturated carbocycles. The third-order valence-electron chi connectivity index (χ3n) is 5.76. The van der Waals surface area contributed by atoms with Gasteiger partial charge in [0, 0.05) is 41.3 Å². The summed E-state index contributed by atoms with van der Waals surface area (Å²) in [5.41, 5.74) is 4.23. The molecule has 4 rings (SSSR count). The molecule has 1 heterocycles. The standard InChI is InChI=1S/C24H24BrNO4/c1-3-11-30-24-15(25)12-14(13-20(24)29-4-2)21-22-16(7-5-9-18(22)27)26-17-8-6-10-19(28)23(17)21/h1,12-13,21,26H,4-11H2,2H3. The Morgan fingerprint density at radius 1 is 1.07 bits per heavy atom. The van der Waals surface area contributed by atoms with Crippen LogP contribution in [0, 0.1) is 12.3 Å². The number of allylic oxidation sites excluding steroid dienone is 4. The summed E-state index contributed by atoms with van der Waals surface area (Å²) >= 11 is 3.58. The highest BCUT2D eigenvalue weighted by molar-refractivity contribution is 9.10. The number of carbonyl (C=O) groups is 2. The number of nitrogens with one attached hydrogen (secondary N) is 1. The molecule has 1 N–H and O–H groups in total. The van der Waals surface area contributed by atoms with Crippen molar-refractivity contribution in [2.75, 3.05) is 13.2 Å². The monoisotopic (exact) mass is 469 g/mol. The molecule has 2 aliphatic carbocycles. The van der Waals surface area contributed by atoms with Crippen molar-refractivity contribution in [2.45, 2.75) is 51.4 Å². The highest BCUT2D eigenvalue weighted by atomic mass is 79.9. The van der Waals surface area contributed by atoms with Crippen LogP contribution in [0.1, 0.15) is 56.9 Å². The van der Waals surface area contributed by atoms with E-state index in [0.29, 0.717) is 35.4 Å². The van der Waals surface area contributed by atoms with Crippen LogP contribution < -0.4 is 14.8 Å². The van der Waals surface area contributed by atoms with Gasteiger partial charge < -0.3 is 14.8 Å². The molecule has 6 heteroatoms. The quantitative estimate of drug-likeness (QED) is 0.640. The van der Waals surface area contributed by atoms with Gasteiger partial charge in [-0.1, -0.05) is 5.92 Å². The zero-order chi connectivity index (χ0) is 21.3. The van der Waals surface area contributed by atoms with Gasteiger partial charge in [0.05, 0.1) is 11.1 Å². The third-order valence-corrected chi connectivity index (χ3v) is 6.35. The smallest absolute Gasteiger partial charge is 0.176 e. The Morgan fingerprint density at radius 2 is 1.70 bits per heavy atom. The molecule has 0 radical (unpaired) electrons. The fourth-order valence-corrected chi connectivity index (χ4v) is 5.16. The summed E-state index contributed by atoms with van der Waals surface area (Å²) in [4.78, 5) is 26.0. The van der Waals surface area contributed by atoms with Crippen LogP contribution in [0.15, 0.2) is 39.1 Å². The second-order valence-corrected chi connectivity index (χ2v) is 8.51. The number of hydrogen-bond acceptors (Lipinski definition) is 5. The minimum atomic E-state index is -0.381. The van der Waals surface area contributed by atoms with E-state index in [0.717, 1.165) is 53.8 Å².